The maximum absolute atomic E-state index is 12.3. The minimum absolute atomic E-state index is 0.203. The van der Waals surface area contributed by atoms with Crippen molar-refractivity contribution < 1.29 is 14.3 Å². The summed E-state index contributed by atoms with van der Waals surface area (Å²) in [5, 5.41) is 5.81. The number of carbonyl (C=O) groups is 2. The van der Waals surface area contributed by atoms with Crippen molar-refractivity contribution in [3.05, 3.63) is 58.9 Å². The van der Waals surface area contributed by atoms with Gasteiger partial charge in [0.1, 0.15) is 0 Å². The van der Waals surface area contributed by atoms with Crippen molar-refractivity contribution in [1.29, 1.82) is 0 Å². The molecule has 2 aromatic rings. The Morgan fingerprint density at radius 2 is 1.94 bits per heavy atom. The number of aromatic nitrogens is 1. The van der Waals surface area contributed by atoms with Crippen molar-refractivity contribution in [2.45, 2.75) is 33.2 Å². The van der Waals surface area contributed by atoms with Crippen molar-refractivity contribution in [2.24, 2.45) is 5.92 Å². The average molecular weight is 452 g/mol. The highest BCUT2D eigenvalue weighted by molar-refractivity contribution is 5.88. The van der Waals surface area contributed by atoms with E-state index in [4.69, 9.17) is 4.74 Å². The molecule has 8 nitrogen and oxygen atoms in total. The summed E-state index contributed by atoms with van der Waals surface area (Å²) in [6.45, 7) is 8.90. The van der Waals surface area contributed by atoms with Gasteiger partial charge in [0.15, 0.2) is 0 Å². The number of aryl methyl sites for hydroxylation is 1. The van der Waals surface area contributed by atoms with Crippen LogP contribution in [0.15, 0.2) is 36.5 Å². The lowest BCUT2D eigenvalue weighted by atomic mass is 10.0. The Bertz CT molecular complexity index is 971. The molecule has 0 spiro atoms. The average Bonchev–Trinajstić information content (AvgIpc) is 3.23. The molecule has 1 fully saturated rings. The summed E-state index contributed by atoms with van der Waals surface area (Å²) < 4.78 is 5.11. The number of pyridine rings is 1. The minimum atomic E-state index is -0.229. The molecule has 0 saturated carbocycles. The molecule has 2 N–H and O–H groups in total. The molecule has 0 radical (unpaired) electrons. The van der Waals surface area contributed by atoms with Gasteiger partial charge in [-0.05, 0) is 61.4 Å². The number of amides is 3. The number of nitrogens with one attached hydrogen (secondary N) is 2. The highest BCUT2D eigenvalue weighted by Gasteiger charge is 2.28. The molecule has 1 atom stereocenters. The molecule has 176 valence electrons. The van der Waals surface area contributed by atoms with Gasteiger partial charge < -0.3 is 20.3 Å². The molecule has 1 aromatic heterocycles. The number of urea groups is 1. The fourth-order valence-corrected chi connectivity index (χ4v) is 4.69. The fourth-order valence-electron chi connectivity index (χ4n) is 4.69. The van der Waals surface area contributed by atoms with Gasteiger partial charge in [-0.15, -0.1) is 0 Å². The molecule has 8 heteroatoms. The van der Waals surface area contributed by atoms with Gasteiger partial charge >= 0.3 is 12.1 Å². The molecule has 33 heavy (non-hydrogen) atoms. The summed E-state index contributed by atoms with van der Waals surface area (Å²) >= 11 is 0. The van der Waals surface area contributed by atoms with E-state index in [0.717, 1.165) is 51.3 Å². The minimum Gasteiger partial charge on any atom is -0.450 e. The predicted molar refractivity (Wildman–Crippen MR) is 127 cm³/mol. The van der Waals surface area contributed by atoms with Crippen LogP contribution in [0.4, 0.5) is 15.3 Å². The van der Waals surface area contributed by atoms with Gasteiger partial charge in [0, 0.05) is 45.0 Å². The van der Waals surface area contributed by atoms with Crippen LogP contribution in [0.5, 0.6) is 0 Å². The number of hydrogen-bond acceptors (Lipinski definition) is 5. The maximum Gasteiger partial charge on any atom is 0.409 e. The summed E-state index contributed by atoms with van der Waals surface area (Å²) in [6, 6.07) is 9.88. The Hall–Kier alpha value is -3.13. The van der Waals surface area contributed by atoms with E-state index in [1.807, 2.05) is 26.0 Å². The quantitative estimate of drug-likeness (QED) is 0.704. The van der Waals surface area contributed by atoms with Gasteiger partial charge in [-0.3, -0.25) is 9.88 Å². The molecule has 1 unspecified atom stereocenters. The molecule has 1 saturated heterocycles. The van der Waals surface area contributed by atoms with Crippen LogP contribution in [-0.4, -0.2) is 66.2 Å². The van der Waals surface area contributed by atoms with Crippen LogP contribution in [0.1, 0.15) is 29.3 Å². The fraction of sp³-hybridized carbons (Fsp3) is 0.480. The number of carbonyl (C=O) groups excluding carboxylic acids is 2. The van der Waals surface area contributed by atoms with Crippen LogP contribution in [0.2, 0.25) is 0 Å². The number of rotatable bonds is 6. The van der Waals surface area contributed by atoms with E-state index < -0.39 is 0 Å². The highest BCUT2D eigenvalue weighted by Crippen LogP contribution is 2.30. The number of nitrogens with zero attached hydrogens (tertiary/aromatic N) is 3. The number of piperazine rings is 1. The summed E-state index contributed by atoms with van der Waals surface area (Å²) in [7, 11) is 0. The summed E-state index contributed by atoms with van der Waals surface area (Å²) in [5.74, 6) is 0.558. The molecule has 0 bridgehead atoms. The van der Waals surface area contributed by atoms with Crippen molar-refractivity contribution in [3.63, 3.8) is 0 Å². The molecule has 1 aliphatic carbocycles. The van der Waals surface area contributed by atoms with Crippen LogP contribution in [0, 0.1) is 12.8 Å². The third-order valence-corrected chi connectivity index (χ3v) is 6.39. The lowest BCUT2D eigenvalue weighted by molar-refractivity contribution is 0.0756. The van der Waals surface area contributed by atoms with E-state index >= 15 is 0 Å². The molecule has 2 heterocycles. The number of benzene rings is 1. The lowest BCUT2D eigenvalue weighted by Gasteiger charge is -2.35. The van der Waals surface area contributed by atoms with Gasteiger partial charge in [0.05, 0.1) is 18.5 Å². The Morgan fingerprint density at radius 1 is 1.12 bits per heavy atom. The summed E-state index contributed by atoms with van der Waals surface area (Å²) in [4.78, 5) is 32.7. The van der Waals surface area contributed by atoms with Gasteiger partial charge in [-0.25, -0.2) is 9.59 Å². The molecule has 2 aliphatic rings. The zero-order valence-corrected chi connectivity index (χ0v) is 19.5. The standard InChI is InChI=1S/C25H33N5O3/c1-3-33-25(32)30-11-9-29(10-12-30)17-19-13-20-5-4-6-21(23(20)14-19)15-27-24(31)28-22-8-7-18(2)26-16-22/h4-8,16,19H,3,9-15,17H2,1-2H3,(H2,27,28,31). The van der Waals surface area contributed by atoms with Crippen LogP contribution >= 0.6 is 0 Å². The van der Waals surface area contributed by atoms with Crippen LogP contribution < -0.4 is 10.6 Å². The van der Waals surface area contributed by atoms with E-state index in [1.54, 1.807) is 11.1 Å². The maximum atomic E-state index is 12.3. The van der Waals surface area contributed by atoms with Crippen molar-refractivity contribution in [3.8, 4) is 0 Å². The van der Waals surface area contributed by atoms with Crippen molar-refractivity contribution >= 4 is 17.8 Å². The zero-order valence-electron chi connectivity index (χ0n) is 19.5. The highest BCUT2D eigenvalue weighted by atomic mass is 16.6. The predicted octanol–water partition coefficient (Wildman–Crippen LogP) is 3.20. The monoisotopic (exact) mass is 451 g/mol. The lowest BCUT2D eigenvalue weighted by Crippen LogP contribution is -2.50. The Labute approximate surface area is 195 Å². The van der Waals surface area contributed by atoms with Crippen LogP contribution in [0.25, 0.3) is 0 Å². The zero-order chi connectivity index (χ0) is 23.2. The molecular formula is C25H33N5O3. The SMILES string of the molecule is CCOC(=O)N1CCN(CC2Cc3cccc(CNC(=O)Nc4ccc(C)nc4)c3C2)CC1. The van der Waals surface area contributed by atoms with Gasteiger partial charge in [0.25, 0.3) is 0 Å². The van der Waals surface area contributed by atoms with Crippen molar-refractivity contribution in [2.75, 3.05) is 44.6 Å². The normalized spacial score (nSPS) is 18.0. The second-order valence-electron chi connectivity index (χ2n) is 8.81. The van der Waals surface area contributed by atoms with E-state index in [9.17, 15) is 9.59 Å². The summed E-state index contributed by atoms with van der Waals surface area (Å²) in [6.07, 6.45) is 3.54. The van der Waals surface area contributed by atoms with Gasteiger partial charge in [0.2, 0.25) is 0 Å². The van der Waals surface area contributed by atoms with Crippen LogP contribution in [-0.2, 0) is 24.1 Å². The number of anilines is 1. The molecule has 4 rings (SSSR count). The van der Waals surface area contributed by atoms with Crippen molar-refractivity contribution in [1.82, 2.24) is 20.1 Å². The molecule has 3 amide bonds. The molecular weight excluding hydrogens is 418 g/mol. The Balaban J connectivity index is 1.26. The van der Waals surface area contributed by atoms with Gasteiger partial charge in [-0.2, -0.15) is 0 Å². The third kappa shape index (κ3) is 6.01. The van der Waals surface area contributed by atoms with E-state index in [1.165, 1.54) is 16.7 Å². The first-order chi connectivity index (χ1) is 16.0. The second-order valence-corrected chi connectivity index (χ2v) is 8.81. The first-order valence-corrected chi connectivity index (χ1v) is 11.7. The second kappa shape index (κ2) is 10.7. The Kier molecular flexibility index (Phi) is 7.44. The first kappa shape index (κ1) is 23.0. The Morgan fingerprint density at radius 3 is 2.67 bits per heavy atom. The first-order valence-electron chi connectivity index (χ1n) is 11.7. The molecule has 1 aliphatic heterocycles. The van der Waals surface area contributed by atoms with Crippen LogP contribution in [0.3, 0.4) is 0 Å². The third-order valence-electron chi connectivity index (χ3n) is 6.39. The van der Waals surface area contributed by atoms with E-state index in [0.29, 0.717) is 24.8 Å². The number of ether oxygens (including phenoxy) is 1. The van der Waals surface area contributed by atoms with E-state index in [2.05, 4.69) is 38.7 Å². The van der Waals surface area contributed by atoms with Gasteiger partial charge in [-0.1, -0.05) is 18.2 Å². The topological polar surface area (TPSA) is 86.8 Å². The molecule has 1 aromatic carbocycles. The number of hydrogen-bond donors (Lipinski definition) is 2. The largest absolute Gasteiger partial charge is 0.450 e. The summed E-state index contributed by atoms with van der Waals surface area (Å²) in [5.41, 5.74) is 5.52. The smallest absolute Gasteiger partial charge is 0.409 e. The number of fused-ring (bicyclic) bond motifs is 1. The van der Waals surface area contributed by atoms with E-state index in [-0.39, 0.29) is 12.1 Å².